The minimum absolute atomic E-state index is 0.0740. The summed E-state index contributed by atoms with van der Waals surface area (Å²) in [6.07, 6.45) is 0.495. The summed E-state index contributed by atoms with van der Waals surface area (Å²) in [4.78, 5) is 11.3. The smallest absolute Gasteiger partial charge is 0.343 e. The molecule has 5 nitrogen and oxygen atoms in total. The van der Waals surface area contributed by atoms with Crippen molar-refractivity contribution in [3.05, 3.63) is 40.5 Å². The Balaban J connectivity index is 2.71. The molecule has 2 aromatic rings. The van der Waals surface area contributed by atoms with Crippen molar-refractivity contribution in [3.8, 4) is 11.6 Å². The lowest BCUT2D eigenvalue weighted by molar-refractivity contribution is 0.0692. The lowest BCUT2D eigenvalue weighted by Crippen LogP contribution is -2.04. The van der Waals surface area contributed by atoms with Crippen LogP contribution in [0, 0.1) is 0 Å². The van der Waals surface area contributed by atoms with Gasteiger partial charge in [-0.3, -0.25) is 0 Å². The van der Waals surface area contributed by atoms with E-state index < -0.39 is 5.97 Å². The molecule has 0 aliphatic heterocycles. The number of aromatic carboxylic acids is 1. The molecule has 0 spiro atoms. The summed E-state index contributed by atoms with van der Waals surface area (Å²) >= 11 is 6.11. The number of rotatable bonds is 4. The second kappa shape index (κ2) is 5.32. The quantitative estimate of drug-likeness (QED) is 0.935. The van der Waals surface area contributed by atoms with E-state index in [1.807, 2.05) is 6.92 Å². The SMILES string of the molecule is CCc1nn(-c2ccccc2Cl)c(OC)c1C(=O)O. The molecule has 0 radical (unpaired) electrons. The number of hydrogen-bond acceptors (Lipinski definition) is 3. The number of hydrogen-bond donors (Lipinski definition) is 1. The first-order chi connectivity index (χ1) is 9.10. The normalized spacial score (nSPS) is 10.5. The van der Waals surface area contributed by atoms with Crippen molar-refractivity contribution >= 4 is 17.6 Å². The summed E-state index contributed by atoms with van der Waals surface area (Å²) in [5.74, 6) is -0.885. The van der Waals surface area contributed by atoms with Crippen molar-refractivity contribution < 1.29 is 14.6 Å². The highest BCUT2D eigenvalue weighted by molar-refractivity contribution is 6.32. The molecule has 1 N–H and O–H groups in total. The maximum absolute atomic E-state index is 11.3. The van der Waals surface area contributed by atoms with Crippen LogP contribution in [0.2, 0.25) is 5.02 Å². The van der Waals surface area contributed by atoms with Gasteiger partial charge < -0.3 is 9.84 Å². The number of methoxy groups -OCH3 is 1. The van der Waals surface area contributed by atoms with Crippen LogP contribution in [0.5, 0.6) is 5.88 Å². The van der Waals surface area contributed by atoms with Gasteiger partial charge in [0.2, 0.25) is 5.88 Å². The molecule has 0 saturated heterocycles. The molecular formula is C13H13ClN2O3. The Kier molecular flexibility index (Phi) is 3.76. The topological polar surface area (TPSA) is 64.4 Å². The maximum atomic E-state index is 11.3. The van der Waals surface area contributed by atoms with E-state index in [4.69, 9.17) is 16.3 Å². The molecule has 1 aromatic carbocycles. The van der Waals surface area contributed by atoms with Crippen LogP contribution >= 0.6 is 11.6 Å². The number of aryl methyl sites for hydroxylation is 1. The van der Waals surface area contributed by atoms with Gasteiger partial charge in [-0.2, -0.15) is 9.78 Å². The fourth-order valence-electron chi connectivity index (χ4n) is 1.88. The van der Waals surface area contributed by atoms with Crippen LogP contribution in [-0.2, 0) is 6.42 Å². The maximum Gasteiger partial charge on any atom is 0.343 e. The Hall–Kier alpha value is -2.01. The summed E-state index contributed by atoms with van der Waals surface area (Å²) in [5, 5.41) is 14.0. The third-order valence-electron chi connectivity index (χ3n) is 2.74. The van der Waals surface area contributed by atoms with Gasteiger partial charge in [0.05, 0.1) is 23.5 Å². The van der Waals surface area contributed by atoms with Gasteiger partial charge in [0.1, 0.15) is 5.56 Å². The largest absolute Gasteiger partial charge is 0.480 e. The molecule has 0 atom stereocenters. The van der Waals surface area contributed by atoms with Gasteiger partial charge >= 0.3 is 5.97 Å². The number of benzene rings is 1. The lowest BCUT2D eigenvalue weighted by atomic mass is 10.2. The second-order valence-corrected chi connectivity index (χ2v) is 4.26. The minimum Gasteiger partial charge on any atom is -0.480 e. The van der Waals surface area contributed by atoms with E-state index >= 15 is 0 Å². The highest BCUT2D eigenvalue weighted by Crippen LogP contribution is 2.29. The Morgan fingerprint density at radius 1 is 1.47 bits per heavy atom. The zero-order valence-electron chi connectivity index (χ0n) is 10.6. The van der Waals surface area contributed by atoms with E-state index in [0.717, 1.165) is 0 Å². The van der Waals surface area contributed by atoms with E-state index in [0.29, 0.717) is 22.8 Å². The first-order valence-electron chi connectivity index (χ1n) is 5.74. The Morgan fingerprint density at radius 2 is 2.16 bits per heavy atom. The van der Waals surface area contributed by atoms with Crippen molar-refractivity contribution in [2.24, 2.45) is 0 Å². The number of halogens is 1. The molecule has 1 aromatic heterocycles. The molecule has 0 unspecified atom stereocenters. The summed E-state index contributed by atoms with van der Waals surface area (Å²) in [6.45, 7) is 1.84. The number of carboxylic acid groups (broad SMARTS) is 1. The van der Waals surface area contributed by atoms with Crippen LogP contribution in [0.3, 0.4) is 0 Å². The summed E-state index contributed by atoms with van der Waals surface area (Å²) in [5.41, 5.74) is 1.12. The van der Waals surface area contributed by atoms with Crippen LogP contribution in [0.25, 0.3) is 5.69 Å². The molecule has 2 rings (SSSR count). The highest BCUT2D eigenvalue weighted by Gasteiger charge is 2.24. The lowest BCUT2D eigenvalue weighted by Gasteiger charge is -2.08. The van der Waals surface area contributed by atoms with E-state index in [2.05, 4.69) is 5.10 Å². The number of ether oxygens (including phenoxy) is 1. The molecule has 6 heteroatoms. The van der Waals surface area contributed by atoms with Crippen molar-refractivity contribution in [2.75, 3.05) is 7.11 Å². The van der Waals surface area contributed by atoms with Crippen LogP contribution in [-0.4, -0.2) is 28.0 Å². The number of carboxylic acids is 1. The van der Waals surface area contributed by atoms with E-state index in [1.54, 1.807) is 24.3 Å². The van der Waals surface area contributed by atoms with Gasteiger partial charge in [-0.05, 0) is 18.6 Å². The fraction of sp³-hybridized carbons (Fsp3) is 0.231. The number of nitrogens with zero attached hydrogens (tertiary/aromatic N) is 2. The van der Waals surface area contributed by atoms with Gasteiger partial charge in [-0.25, -0.2) is 4.79 Å². The molecule has 1 heterocycles. The first-order valence-corrected chi connectivity index (χ1v) is 6.12. The van der Waals surface area contributed by atoms with Crippen molar-refractivity contribution in [3.63, 3.8) is 0 Å². The monoisotopic (exact) mass is 280 g/mol. The molecule has 19 heavy (non-hydrogen) atoms. The highest BCUT2D eigenvalue weighted by atomic mass is 35.5. The Labute approximate surface area is 115 Å². The Morgan fingerprint density at radius 3 is 2.68 bits per heavy atom. The molecule has 0 aliphatic rings. The van der Waals surface area contributed by atoms with Gasteiger partial charge in [-0.15, -0.1) is 0 Å². The average molecular weight is 281 g/mol. The third-order valence-corrected chi connectivity index (χ3v) is 3.06. The zero-order chi connectivity index (χ0) is 14.0. The summed E-state index contributed by atoms with van der Waals surface area (Å²) in [6, 6.07) is 7.06. The predicted octanol–water partition coefficient (Wildman–Crippen LogP) is 2.79. The third kappa shape index (κ3) is 2.29. The summed E-state index contributed by atoms with van der Waals surface area (Å²) < 4.78 is 6.61. The molecule has 0 amide bonds. The number of carbonyl (C=O) groups is 1. The number of aromatic nitrogens is 2. The number of para-hydroxylation sites is 1. The molecule has 0 aliphatic carbocycles. The van der Waals surface area contributed by atoms with Crippen LogP contribution in [0.4, 0.5) is 0 Å². The zero-order valence-corrected chi connectivity index (χ0v) is 11.3. The van der Waals surface area contributed by atoms with Crippen molar-refractivity contribution in [1.82, 2.24) is 9.78 Å². The van der Waals surface area contributed by atoms with E-state index in [-0.39, 0.29) is 11.4 Å². The van der Waals surface area contributed by atoms with Crippen LogP contribution in [0.15, 0.2) is 24.3 Å². The van der Waals surface area contributed by atoms with E-state index in [1.165, 1.54) is 11.8 Å². The predicted molar refractivity (Wildman–Crippen MR) is 71.5 cm³/mol. The molecule has 100 valence electrons. The van der Waals surface area contributed by atoms with Gasteiger partial charge in [0.25, 0.3) is 0 Å². The van der Waals surface area contributed by atoms with Crippen LogP contribution in [0.1, 0.15) is 23.0 Å². The first kappa shape index (κ1) is 13.4. The second-order valence-electron chi connectivity index (χ2n) is 3.85. The standard InChI is InChI=1S/C13H13ClN2O3/c1-3-9-11(13(17)18)12(19-2)16(15-9)10-7-5-4-6-8(10)14/h4-7H,3H2,1-2H3,(H,17,18). The van der Waals surface area contributed by atoms with Crippen molar-refractivity contribution in [2.45, 2.75) is 13.3 Å². The van der Waals surface area contributed by atoms with Gasteiger partial charge in [0.15, 0.2) is 0 Å². The fourth-order valence-corrected chi connectivity index (χ4v) is 2.10. The molecular weight excluding hydrogens is 268 g/mol. The van der Waals surface area contributed by atoms with E-state index in [9.17, 15) is 9.90 Å². The molecule has 0 saturated carbocycles. The van der Waals surface area contributed by atoms with Crippen molar-refractivity contribution in [1.29, 1.82) is 0 Å². The Bertz CT molecular complexity index is 622. The molecule has 0 fully saturated rings. The summed E-state index contributed by atoms with van der Waals surface area (Å²) in [7, 11) is 1.41. The minimum atomic E-state index is -1.06. The average Bonchev–Trinajstić information content (AvgIpc) is 2.77. The van der Waals surface area contributed by atoms with Gasteiger partial charge in [-0.1, -0.05) is 30.7 Å². The van der Waals surface area contributed by atoms with Gasteiger partial charge in [0, 0.05) is 0 Å². The molecule has 0 bridgehead atoms. The van der Waals surface area contributed by atoms with Crippen LogP contribution < -0.4 is 4.74 Å².